The van der Waals surface area contributed by atoms with Gasteiger partial charge in [-0.15, -0.1) is 0 Å². The number of benzene rings is 3. The molecular formula is C30H26N4O3. The molecular weight excluding hydrogens is 464 g/mol. The summed E-state index contributed by atoms with van der Waals surface area (Å²) >= 11 is 0. The average molecular weight is 491 g/mol. The van der Waals surface area contributed by atoms with Gasteiger partial charge in [0.2, 0.25) is 5.91 Å². The molecule has 0 unspecified atom stereocenters. The van der Waals surface area contributed by atoms with Gasteiger partial charge in [0.15, 0.2) is 11.2 Å². The Hall–Kier alpha value is -4.62. The smallest absolute Gasteiger partial charge is 0.240 e. The molecule has 0 bridgehead atoms. The summed E-state index contributed by atoms with van der Waals surface area (Å²) < 4.78 is 5.36. The van der Waals surface area contributed by atoms with Crippen molar-refractivity contribution in [3.8, 4) is 17.9 Å². The van der Waals surface area contributed by atoms with Gasteiger partial charge >= 0.3 is 0 Å². The number of nitrogens with two attached hydrogens (primary N) is 1. The first-order chi connectivity index (χ1) is 17.8. The first-order valence-electron chi connectivity index (χ1n) is 12.1. The molecule has 5 rings (SSSR count). The molecule has 2 heterocycles. The molecule has 7 heteroatoms. The van der Waals surface area contributed by atoms with Crippen molar-refractivity contribution in [3.63, 3.8) is 0 Å². The highest BCUT2D eigenvalue weighted by atomic mass is 16.5. The molecule has 4 atom stereocenters. The van der Waals surface area contributed by atoms with Crippen molar-refractivity contribution in [2.24, 2.45) is 11.1 Å². The number of hydrogen-bond acceptors (Lipinski definition) is 6. The van der Waals surface area contributed by atoms with Gasteiger partial charge in [-0.1, -0.05) is 42.0 Å². The van der Waals surface area contributed by atoms with Gasteiger partial charge in [0, 0.05) is 17.2 Å². The molecule has 1 saturated heterocycles. The fourth-order valence-electron chi connectivity index (χ4n) is 6.12. The Bertz CT molecular complexity index is 1480. The molecule has 1 amide bonds. The van der Waals surface area contributed by atoms with Crippen LogP contribution in [0.25, 0.3) is 0 Å². The number of methoxy groups -OCH3 is 1. The van der Waals surface area contributed by atoms with Crippen molar-refractivity contribution < 1.29 is 14.3 Å². The van der Waals surface area contributed by atoms with Crippen LogP contribution in [0.5, 0.6) is 5.75 Å². The van der Waals surface area contributed by atoms with Gasteiger partial charge in [-0.25, -0.2) is 0 Å². The fourth-order valence-corrected chi connectivity index (χ4v) is 6.12. The highest BCUT2D eigenvalue weighted by Crippen LogP contribution is 2.56. The Balaban J connectivity index is 1.79. The van der Waals surface area contributed by atoms with Crippen LogP contribution < -0.4 is 15.4 Å². The van der Waals surface area contributed by atoms with E-state index in [1.54, 1.807) is 48.5 Å². The standard InChI is InChI=1S/C30H26N4O3/c1-18-6-12-24-21(14-18)11-13-25-30(17-32,29(33)36)26(20-9-7-19(16-31)8-10-20)27(34(24)25)28(35)22-4-3-5-23(15-22)37-2/h3-10,12,14-15,25-27H,11,13H2,1-2H3,(H2,33,36)/t25-,26-,27+,30-/m1/s1. The molecule has 37 heavy (non-hydrogen) atoms. The number of carbonyl (C=O) groups excluding carboxylic acids is 2. The molecule has 0 aliphatic carbocycles. The van der Waals surface area contributed by atoms with E-state index >= 15 is 0 Å². The van der Waals surface area contributed by atoms with Crippen LogP contribution >= 0.6 is 0 Å². The predicted molar refractivity (Wildman–Crippen MR) is 138 cm³/mol. The lowest BCUT2D eigenvalue weighted by molar-refractivity contribution is -0.125. The van der Waals surface area contributed by atoms with Crippen molar-refractivity contribution in [2.45, 2.75) is 37.8 Å². The zero-order valence-corrected chi connectivity index (χ0v) is 20.6. The van der Waals surface area contributed by atoms with E-state index in [0.29, 0.717) is 35.3 Å². The van der Waals surface area contributed by atoms with Crippen molar-refractivity contribution in [1.82, 2.24) is 0 Å². The van der Waals surface area contributed by atoms with Gasteiger partial charge < -0.3 is 15.4 Å². The average Bonchev–Trinajstić information content (AvgIpc) is 3.24. The lowest BCUT2D eigenvalue weighted by Crippen LogP contribution is -2.50. The maximum atomic E-state index is 14.4. The Kier molecular flexibility index (Phi) is 5.93. The number of nitrogens with zero attached hydrogens (tertiary/aromatic N) is 3. The first-order valence-corrected chi connectivity index (χ1v) is 12.1. The second kappa shape index (κ2) is 9.11. The van der Waals surface area contributed by atoms with Crippen LogP contribution in [-0.2, 0) is 11.2 Å². The molecule has 2 aliphatic rings. The number of hydrogen-bond donors (Lipinski definition) is 1. The zero-order chi connectivity index (χ0) is 26.3. The van der Waals surface area contributed by atoms with Gasteiger partial charge in [-0.05, 0) is 61.2 Å². The maximum absolute atomic E-state index is 14.4. The Morgan fingerprint density at radius 1 is 1.08 bits per heavy atom. The molecule has 7 nitrogen and oxygen atoms in total. The predicted octanol–water partition coefficient (Wildman–Crippen LogP) is 4.04. The normalized spacial score (nSPS) is 23.8. The summed E-state index contributed by atoms with van der Waals surface area (Å²) in [5, 5.41) is 20.0. The van der Waals surface area contributed by atoms with Crippen LogP contribution in [0.2, 0.25) is 0 Å². The van der Waals surface area contributed by atoms with Crippen molar-refractivity contribution >= 4 is 17.4 Å². The van der Waals surface area contributed by atoms with E-state index < -0.39 is 29.3 Å². The third-order valence-electron chi connectivity index (χ3n) is 7.78. The lowest BCUT2D eigenvalue weighted by atomic mass is 9.66. The largest absolute Gasteiger partial charge is 0.497 e. The number of nitriles is 2. The fraction of sp³-hybridized carbons (Fsp3) is 0.267. The topological polar surface area (TPSA) is 120 Å². The van der Waals surface area contributed by atoms with E-state index in [0.717, 1.165) is 16.8 Å². The zero-order valence-electron chi connectivity index (χ0n) is 20.6. The quantitative estimate of drug-likeness (QED) is 0.539. The Labute approximate surface area is 215 Å². The number of aryl methyl sites for hydroxylation is 2. The maximum Gasteiger partial charge on any atom is 0.240 e. The summed E-state index contributed by atoms with van der Waals surface area (Å²) in [6, 6.07) is 22.6. The number of primary amides is 1. The van der Waals surface area contributed by atoms with Gasteiger partial charge in [-0.2, -0.15) is 10.5 Å². The molecule has 0 spiro atoms. The van der Waals surface area contributed by atoms with E-state index in [4.69, 9.17) is 10.5 Å². The minimum atomic E-state index is -1.66. The van der Waals surface area contributed by atoms with Gasteiger partial charge in [0.05, 0.1) is 30.9 Å². The van der Waals surface area contributed by atoms with Gasteiger partial charge in [-0.3, -0.25) is 9.59 Å². The third-order valence-corrected chi connectivity index (χ3v) is 7.78. The van der Waals surface area contributed by atoms with Crippen LogP contribution in [0.1, 0.15) is 45.0 Å². The van der Waals surface area contributed by atoms with Crippen LogP contribution in [0, 0.1) is 35.0 Å². The van der Waals surface area contributed by atoms with Crippen molar-refractivity contribution in [1.29, 1.82) is 10.5 Å². The lowest BCUT2D eigenvalue weighted by Gasteiger charge is -2.39. The number of ether oxygens (including phenoxy) is 1. The second-order valence-corrected chi connectivity index (χ2v) is 9.69. The third kappa shape index (κ3) is 3.63. The van der Waals surface area contributed by atoms with E-state index in [2.05, 4.69) is 18.2 Å². The van der Waals surface area contributed by atoms with Gasteiger partial charge in [0.25, 0.3) is 0 Å². The molecule has 0 aromatic heterocycles. The van der Waals surface area contributed by atoms with Crippen LogP contribution in [-0.4, -0.2) is 30.9 Å². The highest BCUT2D eigenvalue weighted by Gasteiger charge is 2.66. The Morgan fingerprint density at radius 3 is 2.49 bits per heavy atom. The van der Waals surface area contributed by atoms with Crippen LogP contribution in [0.3, 0.4) is 0 Å². The summed E-state index contributed by atoms with van der Waals surface area (Å²) in [6.45, 7) is 2.01. The minimum absolute atomic E-state index is 0.231. The summed E-state index contributed by atoms with van der Waals surface area (Å²) in [6.07, 6.45) is 1.16. The summed E-state index contributed by atoms with van der Waals surface area (Å²) in [4.78, 5) is 29.6. The van der Waals surface area contributed by atoms with Crippen LogP contribution in [0.15, 0.2) is 66.7 Å². The molecule has 2 aliphatic heterocycles. The van der Waals surface area contributed by atoms with E-state index in [-0.39, 0.29) is 5.78 Å². The molecule has 184 valence electrons. The highest BCUT2D eigenvalue weighted by molar-refractivity contribution is 6.06. The first kappa shape index (κ1) is 24.1. The second-order valence-electron chi connectivity index (χ2n) is 9.69. The number of carbonyl (C=O) groups is 2. The number of ketones is 1. The summed E-state index contributed by atoms with van der Waals surface area (Å²) in [5.41, 5.74) is 8.86. The number of rotatable bonds is 5. The van der Waals surface area contributed by atoms with Crippen molar-refractivity contribution in [3.05, 3.63) is 94.5 Å². The summed E-state index contributed by atoms with van der Waals surface area (Å²) in [7, 11) is 1.53. The minimum Gasteiger partial charge on any atom is -0.497 e. The molecule has 0 saturated carbocycles. The molecule has 3 aromatic carbocycles. The molecule has 0 radical (unpaired) electrons. The van der Waals surface area contributed by atoms with E-state index in [9.17, 15) is 20.1 Å². The van der Waals surface area contributed by atoms with Crippen molar-refractivity contribution in [2.75, 3.05) is 12.0 Å². The molecule has 1 fully saturated rings. The molecule has 2 N–H and O–H groups in total. The number of amides is 1. The SMILES string of the molecule is COc1cccc(C(=O)[C@@H]2[C@@H](c3ccc(C#N)cc3)[C@](C#N)(C(N)=O)[C@H]3CCc4cc(C)ccc4N23)c1. The monoisotopic (exact) mass is 490 g/mol. The van der Waals surface area contributed by atoms with E-state index in [1.165, 1.54) is 7.11 Å². The number of anilines is 1. The molecule has 3 aromatic rings. The number of Topliss-reactive ketones (excluding diaryl/α,β-unsaturated/α-hetero) is 1. The van der Waals surface area contributed by atoms with Gasteiger partial charge in [0.1, 0.15) is 11.8 Å². The van der Waals surface area contributed by atoms with E-state index in [1.807, 2.05) is 24.0 Å². The van der Waals surface area contributed by atoms with Crippen LogP contribution in [0.4, 0.5) is 5.69 Å². The Morgan fingerprint density at radius 2 is 1.84 bits per heavy atom. The number of fused-ring (bicyclic) bond motifs is 3. The summed E-state index contributed by atoms with van der Waals surface area (Å²) in [5.74, 6) is -1.30.